The number of rotatable bonds is 2. The molecule has 0 atom stereocenters. The Labute approximate surface area is 104 Å². The van der Waals surface area contributed by atoms with Gasteiger partial charge >= 0.3 is 0 Å². The van der Waals surface area contributed by atoms with Crippen molar-refractivity contribution in [1.29, 1.82) is 0 Å². The Bertz CT molecular complexity index is 496. The third-order valence-corrected chi connectivity index (χ3v) is 3.33. The summed E-state index contributed by atoms with van der Waals surface area (Å²) in [6.07, 6.45) is 3.47. The number of hydrogen-bond acceptors (Lipinski definition) is 4. The summed E-state index contributed by atoms with van der Waals surface area (Å²) < 4.78 is 0. The second kappa shape index (κ2) is 5.18. The highest BCUT2D eigenvalue weighted by Crippen LogP contribution is 2.27. The summed E-state index contributed by atoms with van der Waals surface area (Å²) >= 11 is 1.42. The number of hydrogen-bond donors (Lipinski definition) is 0. The maximum atomic E-state index is 11.3. The number of thiazole rings is 1. The van der Waals surface area contributed by atoms with Gasteiger partial charge in [-0.15, -0.1) is 23.7 Å². The topological polar surface area (TPSA) is 42.9 Å². The van der Waals surface area contributed by atoms with Gasteiger partial charge in [-0.1, -0.05) is 0 Å². The summed E-state index contributed by atoms with van der Waals surface area (Å²) in [6.45, 7) is 3.42. The van der Waals surface area contributed by atoms with Crippen molar-refractivity contribution >= 4 is 29.5 Å². The first-order chi connectivity index (χ1) is 7.18. The summed E-state index contributed by atoms with van der Waals surface area (Å²) in [5.74, 6) is 0.0696. The van der Waals surface area contributed by atoms with E-state index in [9.17, 15) is 4.79 Å². The van der Waals surface area contributed by atoms with Crippen molar-refractivity contribution < 1.29 is 4.79 Å². The van der Waals surface area contributed by atoms with Crippen LogP contribution in [0.4, 0.5) is 0 Å². The zero-order chi connectivity index (χ0) is 10.8. The van der Waals surface area contributed by atoms with Crippen molar-refractivity contribution in [2.45, 2.75) is 13.8 Å². The van der Waals surface area contributed by atoms with E-state index in [-0.39, 0.29) is 18.2 Å². The molecule has 0 aliphatic rings. The molecular formula is C11H11ClN2OS. The number of halogens is 1. The summed E-state index contributed by atoms with van der Waals surface area (Å²) in [6, 6.07) is 3.80. The van der Waals surface area contributed by atoms with Gasteiger partial charge in [-0.3, -0.25) is 9.78 Å². The maximum Gasteiger partial charge on any atom is 0.171 e. The standard InChI is InChI=1S/C11H10N2OS.ClH/c1-7-10(8(2)14)15-11(13-7)9-4-3-5-12-6-9;/h3-6H,1-2H3;1H. The lowest BCUT2D eigenvalue weighted by Crippen LogP contribution is -1.89. The summed E-state index contributed by atoms with van der Waals surface area (Å²) in [5, 5.41) is 0.853. The average Bonchev–Trinajstić information content (AvgIpc) is 2.62. The predicted octanol–water partition coefficient (Wildman–Crippen LogP) is 3.14. The van der Waals surface area contributed by atoms with E-state index in [0.29, 0.717) is 0 Å². The highest BCUT2D eigenvalue weighted by Gasteiger charge is 2.12. The highest BCUT2D eigenvalue weighted by atomic mass is 35.5. The molecule has 0 aromatic carbocycles. The van der Waals surface area contributed by atoms with Crippen molar-refractivity contribution in [2.24, 2.45) is 0 Å². The molecule has 16 heavy (non-hydrogen) atoms. The van der Waals surface area contributed by atoms with Crippen LogP contribution in [0.5, 0.6) is 0 Å². The van der Waals surface area contributed by atoms with Gasteiger partial charge in [0.15, 0.2) is 5.78 Å². The van der Waals surface area contributed by atoms with Gasteiger partial charge in [0.05, 0.1) is 10.6 Å². The molecule has 0 N–H and O–H groups in total. The zero-order valence-corrected chi connectivity index (χ0v) is 10.6. The molecule has 0 aliphatic heterocycles. The minimum absolute atomic E-state index is 0. The van der Waals surface area contributed by atoms with Crippen molar-refractivity contribution in [3.63, 3.8) is 0 Å². The summed E-state index contributed by atoms with van der Waals surface area (Å²) in [4.78, 5) is 20.4. The molecule has 2 rings (SSSR count). The zero-order valence-electron chi connectivity index (χ0n) is 8.93. The quantitative estimate of drug-likeness (QED) is 0.774. The normalized spacial score (nSPS) is 9.62. The number of nitrogens with zero attached hydrogens (tertiary/aromatic N) is 2. The number of carbonyl (C=O) groups excluding carboxylic acids is 1. The molecule has 5 heteroatoms. The highest BCUT2D eigenvalue weighted by molar-refractivity contribution is 7.17. The summed E-state index contributed by atoms with van der Waals surface area (Å²) in [5.41, 5.74) is 1.75. The second-order valence-corrected chi connectivity index (χ2v) is 4.23. The first-order valence-corrected chi connectivity index (χ1v) is 5.39. The minimum Gasteiger partial charge on any atom is -0.294 e. The molecule has 0 aliphatic carbocycles. The predicted molar refractivity (Wildman–Crippen MR) is 67.3 cm³/mol. The molecule has 3 nitrogen and oxygen atoms in total. The molecule has 0 unspecified atom stereocenters. The van der Waals surface area contributed by atoms with Gasteiger partial charge in [0, 0.05) is 24.9 Å². The molecule has 2 aromatic heterocycles. The van der Waals surface area contributed by atoms with Crippen LogP contribution in [-0.4, -0.2) is 15.8 Å². The van der Waals surface area contributed by atoms with Crippen molar-refractivity contribution in [2.75, 3.05) is 0 Å². The lowest BCUT2D eigenvalue weighted by molar-refractivity contribution is 0.102. The molecule has 0 radical (unpaired) electrons. The van der Waals surface area contributed by atoms with Crippen LogP contribution in [0.25, 0.3) is 10.6 Å². The molecule has 2 aromatic rings. The van der Waals surface area contributed by atoms with E-state index in [0.717, 1.165) is 21.1 Å². The van der Waals surface area contributed by atoms with Crippen LogP contribution >= 0.6 is 23.7 Å². The van der Waals surface area contributed by atoms with Gasteiger partial charge < -0.3 is 0 Å². The van der Waals surface area contributed by atoms with Crippen LogP contribution in [0, 0.1) is 6.92 Å². The molecular weight excluding hydrogens is 244 g/mol. The van der Waals surface area contributed by atoms with Crippen LogP contribution in [-0.2, 0) is 0 Å². The number of Topliss-reactive ketones (excluding diaryl/α,β-unsaturated/α-hetero) is 1. The number of aromatic nitrogens is 2. The van der Waals surface area contributed by atoms with E-state index in [1.807, 2.05) is 19.1 Å². The number of aryl methyl sites for hydroxylation is 1. The van der Waals surface area contributed by atoms with Crippen LogP contribution in [0.1, 0.15) is 22.3 Å². The Morgan fingerprint density at radius 3 is 2.69 bits per heavy atom. The van der Waals surface area contributed by atoms with Crippen molar-refractivity contribution in [1.82, 2.24) is 9.97 Å². The molecule has 2 heterocycles. The van der Waals surface area contributed by atoms with E-state index in [1.165, 1.54) is 11.3 Å². The Hall–Kier alpha value is -1.26. The van der Waals surface area contributed by atoms with Gasteiger partial charge in [-0.2, -0.15) is 0 Å². The van der Waals surface area contributed by atoms with E-state index in [4.69, 9.17) is 0 Å². The van der Waals surface area contributed by atoms with Gasteiger partial charge in [0.1, 0.15) is 5.01 Å². The van der Waals surface area contributed by atoms with E-state index < -0.39 is 0 Å². The number of carbonyl (C=O) groups is 1. The molecule has 0 spiro atoms. The number of pyridine rings is 1. The fraction of sp³-hybridized carbons (Fsp3) is 0.182. The maximum absolute atomic E-state index is 11.3. The smallest absolute Gasteiger partial charge is 0.171 e. The van der Waals surface area contributed by atoms with Crippen molar-refractivity contribution in [3.8, 4) is 10.6 Å². The Kier molecular flexibility index (Phi) is 4.15. The van der Waals surface area contributed by atoms with Gasteiger partial charge in [-0.25, -0.2) is 4.98 Å². The van der Waals surface area contributed by atoms with Crippen LogP contribution in [0.2, 0.25) is 0 Å². The van der Waals surface area contributed by atoms with Crippen molar-refractivity contribution in [3.05, 3.63) is 35.1 Å². The van der Waals surface area contributed by atoms with E-state index >= 15 is 0 Å². The monoisotopic (exact) mass is 254 g/mol. The third kappa shape index (κ3) is 2.46. The number of ketones is 1. The lowest BCUT2D eigenvalue weighted by atomic mass is 10.3. The van der Waals surface area contributed by atoms with Crippen LogP contribution in [0.15, 0.2) is 24.5 Å². The Morgan fingerprint density at radius 1 is 1.44 bits per heavy atom. The van der Waals surface area contributed by atoms with Crippen LogP contribution in [0.3, 0.4) is 0 Å². The van der Waals surface area contributed by atoms with Gasteiger partial charge in [0.2, 0.25) is 0 Å². The largest absolute Gasteiger partial charge is 0.294 e. The SMILES string of the molecule is CC(=O)c1sc(-c2cccnc2)nc1C.Cl. The van der Waals surface area contributed by atoms with Crippen LogP contribution < -0.4 is 0 Å². The lowest BCUT2D eigenvalue weighted by Gasteiger charge is -1.91. The second-order valence-electron chi connectivity index (χ2n) is 3.23. The molecule has 0 bridgehead atoms. The minimum atomic E-state index is 0. The van der Waals surface area contributed by atoms with E-state index in [1.54, 1.807) is 19.3 Å². The fourth-order valence-electron chi connectivity index (χ4n) is 1.34. The Morgan fingerprint density at radius 2 is 2.19 bits per heavy atom. The molecule has 0 amide bonds. The first-order valence-electron chi connectivity index (χ1n) is 4.57. The Balaban J connectivity index is 0.00000128. The molecule has 0 fully saturated rings. The van der Waals surface area contributed by atoms with Gasteiger partial charge in [-0.05, 0) is 19.1 Å². The molecule has 84 valence electrons. The third-order valence-electron chi connectivity index (χ3n) is 2.02. The fourth-order valence-corrected chi connectivity index (χ4v) is 2.29. The molecule has 0 saturated heterocycles. The molecule has 0 saturated carbocycles. The first kappa shape index (κ1) is 12.8. The van der Waals surface area contributed by atoms with Gasteiger partial charge in [0.25, 0.3) is 0 Å². The summed E-state index contributed by atoms with van der Waals surface area (Å²) in [7, 11) is 0. The van der Waals surface area contributed by atoms with E-state index in [2.05, 4.69) is 9.97 Å². The average molecular weight is 255 g/mol.